The van der Waals surface area contributed by atoms with Crippen LogP contribution in [0.15, 0.2) is 24.3 Å². The molecule has 6 heteroatoms. The Hall–Kier alpha value is 0.511. The van der Waals surface area contributed by atoms with E-state index in [9.17, 15) is 17.3 Å². The first kappa shape index (κ1) is 16.0. The van der Waals surface area contributed by atoms with E-state index in [1.165, 1.54) is 12.1 Å². The van der Waals surface area contributed by atoms with Gasteiger partial charge in [0, 0.05) is 0 Å². The average molecular weight is 216 g/mol. The Morgan fingerprint density at radius 2 is 1.62 bits per heavy atom. The Kier molecular flexibility index (Phi) is 11.1. The summed E-state index contributed by atoms with van der Waals surface area (Å²) >= 11 is 0. The first-order chi connectivity index (χ1) is 5.52. The van der Waals surface area contributed by atoms with Gasteiger partial charge in [0.2, 0.25) is 0 Å². The fraction of sp³-hybridized carbons (Fsp3) is 0. The van der Waals surface area contributed by atoms with Crippen LogP contribution in [0.3, 0.4) is 0 Å². The average Bonchev–Trinajstić information content (AvgIpc) is 1.84. The number of benzene rings is 1. The van der Waals surface area contributed by atoms with E-state index in [0.29, 0.717) is 5.56 Å². The van der Waals surface area contributed by atoms with Gasteiger partial charge < -0.3 is 0 Å². The molecule has 0 unspecified atom stereocenters. The largest absolute Gasteiger partial charge is 1.00 e. The maximum Gasteiger partial charge on any atom is 1.00 e. The van der Waals surface area contributed by atoms with Crippen LogP contribution in [0.25, 0.3) is 0 Å². The van der Waals surface area contributed by atoms with Crippen LogP contribution in [-0.2, 0) is 0 Å². The molecule has 0 aliphatic rings. The molecule has 0 aliphatic carbocycles. The fourth-order valence-electron chi connectivity index (χ4n) is 0.537. The molecule has 0 nitrogen and oxygen atoms in total. The van der Waals surface area contributed by atoms with Gasteiger partial charge in [-0.15, -0.1) is 12.1 Å². The van der Waals surface area contributed by atoms with Crippen LogP contribution in [0, 0.1) is 12.7 Å². The van der Waals surface area contributed by atoms with E-state index in [2.05, 4.69) is 6.92 Å². The SMILES string of the molecule is FB(F)F.[CH2-]c1cccc(F)c1.[K+]. The summed E-state index contributed by atoms with van der Waals surface area (Å²) in [4.78, 5) is 0. The minimum absolute atomic E-state index is 0. The van der Waals surface area contributed by atoms with Crippen molar-refractivity contribution in [3.8, 4) is 0 Å². The Balaban J connectivity index is 0. The third-order valence-electron chi connectivity index (χ3n) is 0.889. The van der Waals surface area contributed by atoms with E-state index >= 15 is 0 Å². The molecule has 0 aromatic heterocycles. The molecule has 1 aromatic rings. The van der Waals surface area contributed by atoms with Crippen LogP contribution in [-0.4, -0.2) is 7.54 Å². The molecule has 1 rings (SSSR count). The summed E-state index contributed by atoms with van der Waals surface area (Å²) in [6, 6.07) is 6.18. The number of rotatable bonds is 0. The molecule has 0 heterocycles. The van der Waals surface area contributed by atoms with Gasteiger partial charge in [0.15, 0.2) is 0 Å². The van der Waals surface area contributed by atoms with Gasteiger partial charge >= 0.3 is 58.9 Å². The van der Waals surface area contributed by atoms with Gasteiger partial charge in [-0.05, 0) is 0 Å². The Bertz CT molecular complexity index is 211. The quantitative estimate of drug-likeness (QED) is 0.322. The second-order valence-corrected chi connectivity index (χ2v) is 1.88. The van der Waals surface area contributed by atoms with Crippen LogP contribution in [0.4, 0.5) is 17.3 Å². The second kappa shape index (κ2) is 9.08. The summed E-state index contributed by atoms with van der Waals surface area (Å²) in [6.07, 6.45) is 0. The molecule has 0 spiro atoms. The minimum Gasteiger partial charge on any atom is -0.254 e. The number of hydrogen-bond donors (Lipinski definition) is 0. The monoisotopic (exact) mass is 216 g/mol. The molecule has 13 heavy (non-hydrogen) atoms. The van der Waals surface area contributed by atoms with Crippen LogP contribution in [0.2, 0.25) is 0 Å². The normalized spacial score (nSPS) is 7.69. The molecule has 0 fully saturated rings. The maximum absolute atomic E-state index is 12.1. The molecule has 0 bridgehead atoms. The minimum atomic E-state index is -3.67. The molecule has 66 valence electrons. The van der Waals surface area contributed by atoms with Crippen molar-refractivity contribution in [3.05, 3.63) is 42.6 Å². The molecule has 0 atom stereocenters. The molecule has 0 amide bonds. The summed E-state index contributed by atoms with van der Waals surface area (Å²) in [6.45, 7) is 3.54. The van der Waals surface area contributed by atoms with Crippen LogP contribution in [0.1, 0.15) is 5.56 Å². The summed E-state index contributed by atoms with van der Waals surface area (Å²) in [7, 11) is -3.67. The van der Waals surface area contributed by atoms with E-state index in [4.69, 9.17) is 0 Å². The van der Waals surface area contributed by atoms with E-state index in [1.807, 2.05) is 0 Å². The zero-order chi connectivity index (χ0) is 9.56. The van der Waals surface area contributed by atoms with Gasteiger partial charge in [0.05, 0.1) is 5.82 Å². The van der Waals surface area contributed by atoms with Crippen molar-refractivity contribution < 1.29 is 68.7 Å². The first-order valence-corrected chi connectivity index (χ1v) is 3.02. The smallest absolute Gasteiger partial charge is 0.254 e. The second-order valence-electron chi connectivity index (χ2n) is 1.88. The molecule has 0 saturated carbocycles. The molecule has 1 aromatic carbocycles. The Labute approximate surface area is 117 Å². The first-order valence-electron chi connectivity index (χ1n) is 3.02. The molecule has 0 saturated heterocycles. The third-order valence-corrected chi connectivity index (χ3v) is 0.889. The van der Waals surface area contributed by atoms with Crippen LogP contribution in [0.5, 0.6) is 0 Å². The van der Waals surface area contributed by atoms with Crippen molar-refractivity contribution >= 4 is 7.54 Å². The summed E-state index contributed by atoms with van der Waals surface area (Å²) in [5.41, 5.74) is 0.713. The van der Waals surface area contributed by atoms with Crippen molar-refractivity contribution in [3.63, 3.8) is 0 Å². The molecule has 0 aliphatic heterocycles. The molecule has 0 N–H and O–H groups in total. The Morgan fingerprint density at radius 3 is 1.85 bits per heavy atom. The van der Waals surface area contributed by atoms with Crippen molar-refractivity contribution in [2.24, 2.45) is 0 Å². The van der Waals surface area contributed by atoms with Crippen molar-refractivity contribution in [1.82, 2.24) is 0 Å². The topological polar surface area (TPSA) is 0 Å². The summed E-state index contributed by atoms with van der Waals surface area (Å²) < 4.78 is 41.1. The molecular weight excluding hydrogens is 210 g/mol. The van der Waals surface area contributed by atoms with Gasteiger partial charge in [0.1, 0.15) is 0 Å². The predicted octanol–water partition coefficient (Wildman–Crippen LogP) is -0.108. The number of halogens is 4. The van der Waals surface area contributed by atoms with E-state index in [1.54, 1.807) is 12.1 Å². The van der Waals surface area contributed by atoms with Crippen LogP contribution >= 0.6 is 0 Å². The van der Waals surface area contributed by atoms with Crippen molar-refractivity contribution in [2.45, 2.75) is 0 Å². The fourth-order valence-corrected chi connectivity index (χ4v) is 0.537. The zero-order valence-electron chi connectivity index (χ0n) is 7.11. The van der Waals surface area contributed by atoms with Gasteiger partial charge in [-0.1, -0.05) is 6.07 Å². The van der Waals surface area contributed by atoms with Gasteiger partial charge in [-0.25, -0.2) is 4.39 Å². The van der Waals surface area contributed by atoms with E-state index in [0.717, 1.165) is 0 Å². The standard InChI is InChI=1S/C7H6F.BF3.K/c1-6-3-2-4-7(8)5-6;2-1(3)4;/h2-5H,1H2;;/q-1;;+1. The van der Waals surface area contributed by atoms with Crippen LogP contribution < -0.4 is 51.4 Å². The van der Waals surface area contributed by atoms with Gasteiger partial charge in [0.25, 0.3) is 0 Å². The van der Waals surface area contributed by atoms with Crippen molar-refractivity contribution in [2.75, 3.05) is 0 Å². The van der Waals surface area contributed by atoms with Crippen molar-refractivity contribution in [1.29, 1.82) is 0 Å². The number of hydrogen-bond acceptors (Lipinski definition) is 0. The van der Waals surface area contributed by atoms with E-state index < -0.39 is 7.54 Å². The van der Waals surface area contributed by atoms with Gasteiger partial charge in [-0.2, -0.15) is 18.6 Å². The van der Waals surface area contributed by atoms with E-state index in [-0.39, 0.29) is 57.2 Å². The predicted molar refractivity (Wildman–Crippen MR) is 39.9 cm³/mol. The molecule has 0 radical (unpaired) electrons. The summed E-state index contributed by atoms with van der Waals surface area (Å²) in [5.74, 6) is -0.225. The summed E-state index contributed by atoms with van der Waals surface area (Å²) in [5, 5.41) is 0. The Morgan fingerprint density at radius 1 is 1.15 bits per heavy atom. The molecular formula is C7H6BF4K. The van der Waals surface area contributed by atoms with Gasteiger partial charge in [-0.3, -0.25) is 12.9 Å². The zero-order valence-corrected chi connectivity index (χ0v) is 10.2. The third kappa shape index (κ3) is 12.5. The maximum atomic E-state index is 12.1.